The number of nitrogens with zero attached hydrogens (tertiary/aromatic N) is 1. The molecule has 1 heterocycles. The standard InChI is InChI=1S/C22H29ClN2O5S2/c1-22(2,3)24-31(26,27)19-10-12-20(13-11-19)32(28,29)25(16-18-8-6-14-30-18)15-17-7-4-5-9-21(17)23/h4-5,7,9-13,18,24H,6,8,14-16H2,1-3H3/t18-/m1/s1. The summed E-state index contributed by atoms with van der Waals surface area (Å²) in [6.07, 6.45) is 1.48. The second-order valence-corrected chi connectivity index (χ2v) is 12.9. The molecule has 7 nitrogen and oxygen atoms in total. The van der Waals surface area contributed by atoms with Gasteiger partial charge in [-0.1, -0.05) is 29.8 Å². The first-order valence-electron chi connectivity index (χ1n) is 10.4. The van der Waals surface area contributed by atoms with Crippen molar-refractivity contribution in [3.8, 4) is 0 Å². The Labute approximate surface area is 195 Å². The van der Waals surface area contributed by atoms with E-state index in [9.17, 15) is 16.8 Å². The molecule has 1 aliphatic rings. The molecule has 2 aromatic rings. The number of rotatable bonds is 8. The maximum atomic E-state index is 13.5. The van der Waals surface area contributed by atoms with Crippen LogP contribution in [0.1, 0.15) is 39.2 Å². The Bertz CT molecular complexity index is 1140. The predicted octanol–water partition coefficient (Wildman–Crippen LogP) is 3.79. The van der Waals surface area contributed by atoms with E-state index in [1.54, 1.807) is 45.0 Å². The number of nitrogens with one attached hydrogen (secondary N) is 1. The van der Waals surface area contributed by atoms with Gasteiger partial charge in [0.15, 0.2) is 0 Å². The van der Waals surface area contributed by atoms with Gasteiger partial charge in [0.1, 0.15) is 0 Å². The van der Waals surface area contributed by atoms with E-state index in [2.05, 4.69) is 4.72 Å². The number of hydrogen-bond acceptors (Lipinski definition) is 5. The van der Waals surface area contributed by atoms with Gasteiger partial charge < -0.3 is 4.74 Å². The molecule has 3 rings (SSSR count). The van der Waals surface area contributed by atoms with E-state index in [-0.39, 0.29) is 29.0 Å². The zero-order chi connectivity index (χ0) is 23.6. The summed E-state index contributed by atoms with van der Waals surface area (Å²) in [5.41, 5.74) is 0.0284. The smallest absolute Gasteiger partial charge is 0.243 e. The highest BCUT2D eigenvalue weighted by Gasteiger charge is 2.30. The molecule has 10 heteroatoms. The van der Waals surface area contributed by atoms with Crippen LogP contribution in [0.4, 0.5) is 0 Å². The lowest BCUT2D eigenvalue weighted by Crippen LogP contribution is -2.40. The minimum atomic E-state index is -3.92. The van der Waals surface area contributed by atoms with E-state index in [0.717, 1.165) is 12.8 Å². The van der Waals surface area contributed by atoms with Gasteiger partial charge in [-0.15, -0.1) is 0 Å². The van der Waals surface area contributed by atoms with Crippen LogP contribution in [0.15, 0.2) is 58.3 Å². The number of hydrogen-bond donors (Lipinski definition) is 1. The largest absolute Gasteiger partial charge is 0.377 e. The van der Waals surface area contributed by atoms with Crippen molar-refractivity contribution in [3.63, 3.8) is 0 Å². The number of ether oxygens (including phenoxy) is 1. The Morgan fingerprint density at radius 2 is 1.66 bits per heavy atom. The highest BCUT2D eigenvalue weighted by Crippen LogP contribution is 2.26. The van der Waals surface area contributed by atoms with Gasteiger partial charge in [0.05, 0.1) is 15.9 Å². The molecular weight excluding hydrogens is 472 g/mol. The van der Waals surface area contributed by atoms with Crippen molar-refractivity contribution >= 4 is 31.6 Å². The quantitative estimate of drug-likeness (QED) is 0.595. The zero-order valence-electron chi connectivity index (χ0n) is 18.4. The number of sulfonamides is 2. The summed E-state index contributed by atoms with van der Waals surface area (Å²) in [6.45, 7) is 6.11. The molecule has 0 saturated carbocycles. The van der Waals surface area contributed by atoms with Crippen molar-refractivity contribution in [1.82, 2.24) is 9.03 Å². The fourth-order valence-electron chi connectivity index (χ4n) is 3.48. The molecular formula is C22H29ClN2O5S2. The molecule has 0 aliphatic carbocycles. The summed E-state index contributed by atoms with van der Waals surface area (Å²) in [6, 6.07) is 12.4. The van der Waals surface area contributed by atoms with Crippen molar-refractivity contribution in [3.05, 3.63) is 59.1 Å². The summed E-state index contributed by atoms with van der Waals surface area (Å²) in [5, 5.41) is 0.481. The van der Waals surface area contributed by atoms with Crippen LogP contribution in [0.25, 0.3) is 0 Å². The molecule has 176 valence electrons. The van der Waals surface area contributed by atoms with Crippen molar-refractivity contribution in [1.29, 1.82) is 0 Å². The second kappa shape index (κ2) is 9.79. The highest BCUT2D eigenvalue weighted by molar-refractivity contribution is 7.89. The van der Waals surface area contributed by atoms with Crippen molar-refractivity contribution in [2.45, 2.75) is 61.6 Å². The first-order chi connectivity index (χ1) is 14.9. The van der Waals surface area contributed by atoms with Crippen LogP contribution in [0, 0.1) is 0 Å². The van der Waals surface area contributed by atoms with Crippen LogP contribution in [0.3, 0.4) is 0 Å². The third-order valence-corrected chi connectivity index (χ3v) is 8.92. The molecule has 0 radical (unpaired) electrons. The van der Waals surface area contributed by atoms with Gasteiger partial charge in [0.2, 0.25) is 20.0 Å². The molecule has 32 heavy (non-hydrogen) atoms. The monoisotopic (exact) mass is 500 g/mol. The van der Waals surface area contributed by atoms with Gasteiger partial charge in [0.25, 0.3) is 0 Å². The van der Waals surface area contributed by atoms with Gasteiger partial charge >= 0.3 is 0 Å². The summed E-state index contributed by atoms with van der Waals surface area (Å²) in [4.78, 5) is 0.0143. The molecule has 0 bridgehead atoms. The Hall–Kier alpha value is -1.49. The van der Waals surface area contributed by atoms with Crippen LogP contribution in [0.2, 0.25) is 5.02 Å². The maximum absolute atomic E-state index is 13.5. The van der Waals surface area contributed by atoms with E-state index in [1.807, 2.05) is 0 Å². The van der Waals surface area contributed by atoms with Crippen LogP contribution >= 0.6 is 11.6 Å². The lowest BCUT2D eigenvalue weighted by Gasteiger charge is -2.25. The molecule has 0 spiro atoms. The van der Waals surface area contributed by atoms with Crippen LogP contribution in [-0.4, -0.2) is 45.9 Å². The lowest BCUT2D eigenvalue weighted by molar-refractivity contribution is 0.0926. The van der Waals surface area contributed by atoms with Gasteiger partial charge in [-0.25, -0.2) is 21.6 Å². The first kappa shape index (κ1) is 25.1. The normalized spacial score (nSPS) is 17.7. The topological polar surface area (TPSA) is 92.8 Å². The third-order valence-electron chi connectivity index (χ3n) is 4.95. The second-order valence-electron chi connectivity index (χ2n) is 8.85. The van der Waals surface area contributed by atoms with Crippen molar-refractivity contribution in [2.24, 2.45) is 0 Å². The molecule has 0 aromatic heterocycles. The Balaban J connectivity index is 1.90. The van der Waals surface area contributed by atoms with Crippen molar-refractivity contribution < 1.29 is 21.6 Å². The Morgan fingerprint density at radius 1 is 1.03 bits per heavy atom. The number of benzene rings is 2. The number of halogens is 1. The van der Waals surface area contributed by atoms with E-state index in [0.29, 0.717) is 17.2 Å². The Morgan fingerprint density at radius 3 is 2.22 bits per heavy atom. The summed E-state index contributed by atoms with van der Waals surface area (Å²) < 4.78 is 61.6. The first-order valence-corrected chi connectivity index (χ1v) is 13.7. The molecule has 1 saturated heterocycles. The molecule has 1 fully saturated rings. The summed E-state index contributed by atoms with van der Waals surface area (Å²) in [5.74, 6) is 0. The van der Waals surface area contributed by atoms with E-state index in [1.165, 1.54) is 28.6 Å². The van der Waals surface area contributed by atoms with Crippen LogP contribution < -0.4 is 4.72 Å². The molecule has 2 aromatic carbocycles. The van der Waals surface area contributed by atoms with Gasteiger partial charge in [-0.3, -0.25) is 0 Å². The summed E-state index contributed by atoms with van der Waals surface area (Å²) >= 11 is 6.28. The van der Waals surface area contributed by atoms with E-state index in [4.69, 9.17) is 16.3 Å². The zero-order valence-corrected chi connectivity index (χ0v) is 20.8. The summed E-state index contributed by atoms with van der Waals surface area (Å²) in [7, 11) is -7.69. The van der Waals surface area contributed by atoms with Crippen molar-refractivity contribution in [2.75, 3.05) is 13.2 Å². The fourth-order valence-corrected chi connectivity index (χ4v) is 6.55. The van der Waals surface area contributed by atoms with Gasteiger partial charge in [0, 0.05) is 30.3 Å². The third kappa shape index (κ3) is 6.30. The molecule has 0 amide bonds. The SMILES string of the molecule is CC(C)(C)NS(=O)(=O)c1ccc(S(=O)(=O)N(Cc2ccccc2Cl)C[C@H]2CCCO2)cc1. The minimum absolute atomic E-state index is 0.00292. The molecule has 1 atom stereocenters. The lowest BCUT2D eigenvalue weighted by atomic mass is 10.1. The predicted molar refractivity (Wildman–Crippen MR) is 125 cm³/mol. The van der Waals surface area contributed by atoms with E-state index >= 15 is 0 Å². The molecule has 1 N–H and O–H groups in total. The van der Waals surface area contributed by atoms with Gasteiger partial charge in [-0.2, -0.15) is 4.31 Å². The highest BCUT2D eigenvalue weighted by atomic mass is 35.5. The maximum Gasteiger partial charge on any atom is 0.243 e. The minimum Gasteiger partial charge on any atom is -0.377 e. The van der Waals surface area contributed by atoms with E-state index < -0.39 is 25.6 Å². The van der Waals surface area contributed by atoms with Gasteiger partial charge in [-0.05, 0) is 69.5 Å². The average Bonchev–Trinajstić information content (AvgIpc) is 3.20. The molecule has 0 unspecified atom stereocenters. The Kier molecular flexibility index (Phi) is 7.69. The fraction of sp³-hybridized carbons (Fsp3) is 0.455. The average molecular weight is 501 g/mol. The molecule has 1 aliphatic heterocycles. The van der Waals surface area contributed by atoms with Crippen LogP contribution in [-0.2, 0) is 31.3 Å². The van der Waals surface area contributed by atoms with Crippen LogP contribution in [0.5, 0.6) is 0 Å².